The molecule has 1 atom stereocenters. The van der Waals surface area contributed by atoms with Crippen LogP contribution in [0.2, 0.25) is 0 Å². The van der Waals surface area contributed by atoms with Crippen molar-refractivity contribution in [1.29, 1.82) is 0 Å². The van der Waals surface area contributed by atoms with Crippen molar-refractivity contribution in [3.63, 3.8) is 0 Å². The normalized spacial score (nSPS) is 11.7. The van der Waals surface area contributed by atoms with Gasteiger partial charge in [-0.1, -0.05) is 51.1 Å². The van der Waals surface area contributed by atoms with Gasteiger partial charge in [0.15, 0.2) is 6.61 Å². The van der Waals surface area contributed by atoms with E-state index < -0.39 is 5.97 Å². The number of benzene rings is 1. The first-order chi connectivity index (χ1) is 13.4. The van der Waals surface area contributed by atoms with Gasteiger partial charge in [-0.3, -0.25) is 14.4 Å². The molecule has 2 aromatic rings. The summed E-state index contributed by atoms with van der Waals surface area (Å²) in [6, 6.07) is 11.4. The van der Waals surface area contributed by atoms with Crippen LogP contribution in [0.4, 0.5) is 0 Å². The molecule has 0 radical (unpaired) electrons. The minimum absolute atomic E-state index is 0.171. The number of amides is 2. The van der Waals surface area contributed by atoms with Gasteiger partial charge in [-0.2, -0.15) is 0 Å². The van der Waals surface area contributed by atoms with Gasteiger partial charge in [-0.15, -0.1) is 11.3 Å². The number of aryl methyl sites for hydroxylation is 1. The van der Waals surface area contributed by atoms with Crippen LogP contribution >= 0.6 is 11.3 Å². The maximum Gasteiger partial charge on any atom is 0.325 e. The molecule has 0 spiro atoms. The van der Waals surface area contributed by atoms with E-state index in [0.29, 0.717) is 4.88 Å². The van der Waals surface area contributed by atoms with E-state index in [9.17, 15) is 14.4 Å². The van der Waals surface area contributed by atoms with Crippen LogP contribution in [0.5, 0.6) is 0 Å². The van der Waals surface area contributed by atoms with Crippen LogP contribution in [0.3, 0.4) is 0 Å². The summed E-state index contributed by atoms with van der Waals surface area (Å²) in [5.74, 6) is -1.20. The molecule has 2 rings (SSSR count). The first kappa shape index (κ1) is 21.6. The maximum absolute atomic E-state index is 12.2. The molecule has 2 amide bonds. The molecule has 2 N–H and O–H groups in total. The lowest BCUT2D eigenvalue weighted by atomic mass is 9.95. The monoisotopic (exact) mass is 402 g/mol. The van der Waals surface area contributed by atoms with Crippen molar-refractivity contribution in [2.75, 3.05) is 13.2 Å². The average molecular weight is 403 g/mol. The standard InChI is InChI=1S/C21H26N2O4S/c1-4-15-7-9-16(10-8-15)20(14(2)3)23-18(24)13-27-19(25)12-22-21(26)17-6-5-11-28-17/h5-11,14,20H,4,12-13H2,1-3H3,(H,22,26)(H,23,24)/t20-/m0/s1. The van der Waals surface area contributed by atoms with Gasteiger partial charge in [0.2, 0.25) is 0 Å². The number of thiophene rings is 1. The molecule has 7 heteroatoms. The number of ether oxygens (including phenoxy) is 1. The molecule has 150 valence electrons. The molecule has 0 fully saturated rings. The van der Waals surface area contributed by atoms with Gasteiger partial charge in [-0.05, 0) is 34.9 Å². The number of carbonyl (C=O) groups excluding carboxylic acids is 3. The van der Waals surface area contributed by atoms with E-state index in [4.69, 9.17) is 4.74 Å². The smallest absolute Gasteiger partial charge is 0.325 e. The Morgan fingerprint density at radius 3 is 2.39 bits per heavy atom. The van der Waals surface area contributed by atoms with E-state index in [-0.39, 0.29) is 36.9 Å². The predicted molar refractivity (Wildman–Crippen MR) is 109 cm³/mol. The zero-order chi connectivity index (χ0) is 20.5. The van der Waals surface area contributed by atoms with E-state index >= 15 is 0 Å². The minimum Gasteiger partial charge on any atom is -0.454 e. The maximum atomic E-state index is 12.2. The van der Waals surface area contributed by atoms with E-state index in [1.54, 1.807) is 17.5 Å². The number of rotatable bonds is 9. The second-order valence-electron chi connectivity index (χ2n) is 6.70. The van der Waals surface area contributed by atoms with Gasteiger partial charge in [0.05, 0.1) is 10.9 Å². The number of hydrogen-bond acceptors (Lipinski definition) is 5. The molecule has 1 aromatic heterocycles. The SMILES string of the molecule is CCc1ccc([C@@H](NC(=O)COC(=O)CNC(=O)c2cccs2)C(C)C)cc1. The van der Waals surface area contributed by atoms with Crippen LogP contribution in [-0.2, 0) is 20.7 Å². The van der Waals surface area contributed by atoms with E-state index in [0.717, 1.165) is 12.0 Å². The lowest BCUT2D eigenvalue weighted by molar-refractivity contribution is -0.147. The van der Waals surface area contributed by atoms with Crippen molar-refractivity contribution >= 4 is 29.1 Å². The van der Waals surface area contributed by atoms with Crippen molar-refractivity contribution in [2.45, 2.75) is 33.2 Å². The second-order valence-corrected chi connectivity index (χ2v) is 7.65. The Morgan fingerprint density at radius 1 is 1.11 bits per heavy atom. The molecule has 0 aliphatic rings. The fraction of sp³-hybridized carbons (Fsp3) is 0.381. The first-order valence-electron chi connectivity index (χ1n) is 9.26. The van der Waals surface area contributed by atoms with Crippen molar-refractivity contribution in [2.24, 2.45) is 5.92 Å². The van der Waals surface area contributed by atoms with Crippen molar-refractivity contribution in [1.82, 2.24) is 10.6 Å². The quantitative estimate of drug-likeness (QED) is 0.631. The molecule has 1 aromatic carbocycles. The summed E-state index contributed by atoms with van der Waals surface area (Å²) in [5, 5.41) is 7.16. The fourth-order valence-corrected chi connectivity index (χ4v) is 3.30. The van der Waals surface area contributed by atoms with Crippen molar-refractivity contribution in [3.05, 3.63) is 57.8 Å². The highest BCUT2D eigenvalue weighted by molar-refractivity contribution is 7.12. The zero-order valence-corrected chi connectivity index (χ0v) is 17.2. The van der Waals surface area contributed by atoms with Crippen LogP contribution in [-0.4, -0.2) is 30.9 Å². The largest absolute Gasteiger partial charge is 0.454 e. The molecule has 6 nitrogen and oxygen atoms in total. The van der Waals surface area contributed by atoms with Gasteiger partial charge in [0.1, 0.15) is 6.54 Å². The van der Waals surface area contributed by atoms with Gasteiger partial charge >= 0.3 is 5.97 Å². The Labute approximate surface area is 169 Å². The minimum atomic E-state index is -0.659. The summed E-state index contributed by atoms with van der Waals surface area (Å²) in [5.41, 5.74) is 2.24. The summed E-state index contributed by atoms with van der Waals surface area (Å²) < 4.78 is 4.96. The molecular weight excluding hydrogens is 376 g/mol. The highest BCUT2D eigenvalue weighted by Gasteiger charge is 2.19. The zero-order valence-electron chi connectivity index (χ0n) is 16.4. The molecule has 0 unspecified atom stereocenters. The molecular formula is C21H26N2O4S. The van der Waals surface area contributed by atoms with Gasteiger partial charge < -0.3 is 15.4 Å². The third-order valence-electron chi connectivity index (χ3n) is 4.23. The summed E-state index contributed by atoms with van der Waals surface area (Å²) >= 11 is 1.28. The third-order valence-corrected chi connectivity index (χ3v) is 5.10. The van der Waals surface area contributed by atoms with Crippen LogP contribution in [0, 0.1) is 5.92 Å². The summed E-state index contributed by atoms with van der Waals surface area (Å²) in [4.78, 5) is 36.3. The molecule has 0 aliphatic heterocycles. The molecule has 0 saturated carbocycles. The van der Waals surface area contributed by atoms with Gasteiger partial charge in [0, 0.05) is 0 Å². The summed E-state index contributed by atoms with van der Waals surface area (Å²) in [7, 11) is 0. The Hall–Kier alpha value is -2.67. The third kappa shape index (κ3) is 6.49. The van der Waals surface area contributed by atoms with Crippen LogP contribution in [0.15, 0.2) is 41.8 Å². The van der Waals surface area contributed by atoms with Crippen LogP contribution in [0.1, 0.15) is 47.6 Å². The topological polar surface area (TPSA) is 84.5 Å². The lowest BCUT2D eigenvalue weighted by Crippen LogP contribution is -2.36. The van der Waals surface area contributed by atoms with E-state index in [2.05, 4.69) is 17.6 Å². The molecule has 28 heavy (non-hydrogen) atoms. The van der Waals surface area contributed by atoms with Gasteiger partial charge in [0.25, 0.3) is 11.8 Å². The second kappa shape index (κ2) is 10.6. The van der Waals surface area contributed by atoms with Crippen LogP contribution < -0.4 is 10.6 Å². The Morgan fingerprint density at radius 2 is 1.82 bits per heavy atom. The summed E-state index contributed by atoms with van der Waals surface area (Å²) in [6.45, 7) is 5.46. The number of esters is 1. The van der Waals surface area contributed by atoms with Crippen molar-refractivity contribution in [3.8, 4) is 0 Å². The van der Waals surface area contributed by atoms with Crippen molar-refractivity contribution < 1.29 is 19.1 Å². The van der Waals surface area contributed by atoms with Crippen LogP contribution in [0.25, 0.3) is 0 Å². The highest BCUT2D eigenvalue weighted by atomic mass is 32.1. The highest BCUT2D eigenvalue weighted by Crippen LogP contribution is 2.22. The molecule has 1 heterocycles. The Bertz CT molecular complexity index is 785. The fourth-order valence-electron chi connectivity index (χ4n) is 2.66. The summed E-state index contributed by atoms with van der Waals surface area (Å²) in [6.07, 6.45) is 0.956. The number of nitrogens with one attached hydrogen (secondary N) is 2. The predicted octanol–water partition coefficient (Wildman–Crippen LogP) is 3.10. The first-order valence-corrected chi connectivity index (χ1v) is 10.1. The molecule has 0 aliphatic carbocycles. The van der Waals surface area contributed by atoms with Gasteiger partial charge in [-0.25, -0.2) is 0 Å². The lowest BCUT2D eigenvalue weighted by Gasteiger charge is -2.23. The van der Waals surface area contributed by atoms with E-state index in [1.807, 2.05) is 38.1 Å². The average Bonchev–Trinajstić information content (AvgIpc) is 3.23. The number of carbonyl (C=O) groups is 3. The Kier molecular flexibility index (Phi) is 8.19. The molecule has 0 bridgehead atoms. The molecule has 0 saturated heterocycles. The Balaban J connectivity index is 1.80. The van der Waals surface area contributed by atoms with E-state index in [1.165, 1.54) is 16.9 Å². The number of hydrogen-bond donors (Lipinski definition) is 2.